The molecule has 2 aromatic rings. The number of nitrogens with zero attached hydrogens (tertiary/aromatic N) is 2. The second-order valence-corrected chi connectivity index (χ2v) is 7.39. The van der Waals surface area contributed by atoms with Crippen molar-refractivity contribution in [3.05, 3.63) is 23.9 Å². The number of anilines is 1. The summed E-state index contributed by atoms with van der Waals surface area (Å²) in [6.45, 7) is 7.88. The summed E-state index contributed by atoms with van der Waals surface area (Å²) in [4.78, 5) is 44.2. The number of amides is 2. The molecule has 1 aromatic heterocycles. The fraction of sp³-hybridized carbons (Fsp3) is 0.500. The highest BCUT2D eigenvalue weighted by Crippen LogP contribution is 2.32. The number of hydrogen-bond donors (Lipinski definition) is 2. The molecular weight excluding hydrogens is 416 g/mol. The molecule has 0 aliphatic carbocycles. The first-order chi connectivity index (χ1) is 15.4. The number of piperazine rings is 1. The van der Waals surface area contributed by atoms with Gasteiger partial charge in [-0.1, -0.05) is 0 Å². The van der Waals surface area contributed by atoms with Gasteiger partial charge in [0.25, 0.3) is 0 Å². The lowest BCUT2D eigenvalue weighted by molar-refractivity contribution is -0.121. The van der Waals surface area contributed by atoms with Gasteiger partial charge in [-0.2, -0.15) is 0 Å². The maximum absolute atomic E-state index is 13.1. The van der Waals surface area contributed by atoms with Crippen LogP contribution in [0.3, 0.4) is 0 Å². The van der Waals surface area contributed by atoms with Gasteiger partial charge in [-0.25, -0.2) is 9.59 Å². The maximum Gasteiger partial charge on any atom is 0.409 e. The first-order valence-corrected chi connectivity index (χ1v) is 10.7. The Morgan fingerprint density at radius 3 is 2.41 bits per heavy atom. The zero-order valence-electron chi connectivity index (χ0n) is 18.9. The Kier molecular flexibility index (Phi) is 7.57. The van der Waals surface area contributed by atoms with E-state index in [4.69, 9.17) is 14.2 Å². The molecule has 0 bridgehead atoms. The molecule has 1 unspecified atom stereocenters. The van der Waals surface area contributed by atoms with E-state index in [-0.39, 0.29) is 24.3 Å². The number of hydrogen-bond acceptors (Lipinski definition) is 7. The molecule has 0 saturated carbocycles. The molecule has 2 amide bonds. The number of aromatic amines is 1. The zero-order valence-corrected chi connectivity index (χ0v) is 18.9. The van der Waals surface area contributed by atoms with Gasteiger partial charge < -0.3 is 29.4 Å². The minimum absolute atomic E-state index is 0.183. The number of carbonyl (C=O) groups is 3. The minimum Gasteiger partial charge on any atom is -0.497 e. The first-order valence-electron chi connectivity index (χ1n) is 10.7. The highest BCUT2D eigenvalue weighted by molar-refractivity contribution is 6.12. The quantitative estimate of drug-likeness (QED) is 0.628. The fourth-order valence-electron chi connectivity index (χ4n) is 3.68. The van der Waals surface area contributed by atoms with Gasteiger partial charge in [0, 0.05) is 37.1 Å². The molecule has 32 heavy (non-hydrogen) atoms. The van der Waals surface area contributed by atoms with E-state index in [1.54, 1.807) is 51.0 Å². The monoisotopic (exact) mass is 446 g/mol. The third-order valence-electron chi connectivity index (χ3n) is 5.50. The summed E-state index contributed by atoms with van der Waals surface area (Å²) in [5.74, 6) is -0.205. The molecule has 10 nitrogen and oxygen atoms in total. The van der Waals surface area contributed by atoms with Crippen LogP contribution in [0.4, 0.5) is 10.5 Å². The van der Waals surface area contributed by atoms with Gasteiger partial charge in [0.15, 0.2) is 0 Å². The Hall–Kier alpha value is -3.27. The number of fused-ring (bicyclic) bond motifs is 1. The van der Waals surface area contributed by atoms with Crippen LogP contribution in [-0.2, 0) is 14.3 Å². The molecule has 1 saturated heterocycles. The molecule has 0 radical (unpaired) electrons. The van der Waals surface area contributed by atoms with E-state index in [1.807, 2.05) is 4.90 Å². The minimum atomic E-state index is -0.548. The summed E-state index contributed by atoms with van der Waals surface area (Å²) < 4.78 is 15.5. The van der Waals surface area contributed by atoms with Crippen molar-refractivity contribution in [2.45, 2.75) is 26.8 Å². The zero-order chi connectivity index (χ0) is 23.3. The smallest absolute Gasteiger partial charge is 0.409 e. The standard InChI is InChI=1S/C22H30N4O6/c1-5-31-21(28)19-18(16-13-15(30-4)7-8-17(16)23-19)24-20(27)14(3)25-9-11-26(12-10-25)22(29)32-6-2/h7-8,13-14,23H,5-6,9-12H2,1-4H3,(H,24,27). The lowest BCUT2D eigenvalue weighted by Crippen LogP contribution is -2.54. The van der Waals surface area contributed by atoms with E-state index in [2.05, 4.69) is 10.3 Å². The Morgan fingerprint density at radius 1 is 1.09 bits per heavy atom. The average molecular weight is 447 g/mol. The van der Waals surface area contributed by atoms with Crippen molar-refractivity contribution in [2.75, 3.05) is 51.8 Å². The van der Waals surface area contributed by atoms with Crippen molar-refractivity contribution in [1.29, 1.82) is 0 Å². The van der Waals surface area contributed by atoms with Crippen LogP contribution in [0.15, 0.2) is 18.2 Å². The number of esters is 1. The normalized spacial score (nSPS) is 15.3. The van der Waals surface area contributed by atoms with Crippen molar-refractivity contribution >= 4 is 34.6 Å². The molecule has 2 heterocycles. The van der Waals surface area contributed by atoms with Crippen LogP contribution < -0.4 is 10.1 Å². The van der Waals surface area contributed by atoms with E-state index >= 15 is 0 Å². The summed E-state index contributed by atoms with van der Waals surface area (Å²) in [6.07, 6.45) is -0.337. The number of rotatable bonds is 7. The van der Waals surface area contributed by atoms with Crippen LogP contribution >= 0.6 is 0 Å². The van der Waals surface area contributed by atoms with Gasteiger partial charge in [-0.05, 0) is 39.0 Å². The van der Waals surface area contributed by atoms with Crippen LogP contribution in [-0.4, -0.2) is 85.3 Å². The summed E-state index contributed by atoms with van der Waals surface area (Å²) in [5.41, 5.74) is 1.22. The number of nitrogens with one attached hydrogen (secondary N) is 2. The van der Waals surface area contributed by atoms with E-state index < -0.39 is 12.0 Å². The SMILES string of the molecule is CCOC(=O)c1[nH]c2ccc(OC)cc2c1NC(=O)C(C)N1CCN(C(=O)OCC)CC1. The summed E-state index contributed by atoms with van der Waals surface area (Å²) in [7, 11) is 1.55. The number of ether oxygens (including phenoxy) is 3. The number of methoxy groups -OCH3 is 1. The second kappa shape index (κ2) is 10.4. The largest absolute Gasteiger partial charge is 0.497 e. The average Bonchev–Trinajstić information content (AvgIpc) is 3.16. The van der Waals surface area contributed by atoms with Gasteiger partial charge in [0.05, 0.1) is 32.1 Å². The van der Waals surface area contributed by atoms with Crippen molar-refractivity contribution in [2.24, 2.45) is 0 Å². The predicted octanol–water partition coefficient (Wildman–Crippen LogP) is 2.45. The lowest BCUT2D eigenvalue weighted by atomic mass is 10.1. The molecule has 10 heteroatoms. The van der Waals surface area contributed by atoms with Crippen molar-refractivity contribution in [1.82, 2.24) is 14.8 Å². The third kappa shape index (κ3) is 4.96. The third-order valence-corrected chi connectivity index (χ3v) is 5.50. The Balaban J connectivity index is 1.77. The van der Waals surface area contributed by atoms with Crippen LogP contribution in [0.25, 0.3) is 10.9 Å². The molecule has 1 aliphatic heterocycles. The summed E-state index contributed by atoms with van der Waals surface area (Å²) in [5, 5.41) is 3.55. The number of H-pyrrole nitrogens is 1. The first kappa shape index (κ1) is 23.4. The van der Waals surface area contributed by atoms with E-state index in [0.29, 0.717) is 55.1 Å². The summed E-state index contributed by atoms with van der Waals surface area (Å²) >= 11 is 0. The molecule has 3 rings (SSSR count). The molecule has 1 aliphatic rings. The van der Waals surface area contributed by atoms with Gasteiger partial charge >= 0.3 is 12.1 Å². The Bertz CT molecular complexity index is 980. The van der Waals surface area contributed by atoms with E-state index in [1.165, 1.54) is 0 Å². The van der Waals surface area contributed by atoms with E-state index in [9.17, 15) is 14.4 Å². The summed E-state index contributed by atoms with van der Waals surface area (Å²) in [6, 6.07) is 4.84. The van der Waals surface area contributed by atoms with Gasteiger partial charge in [-0.3, -0.25) is 9.69 Å². The molecule has 1 atom stereocenters. The Labute approximate surface area is 186 Å². The number of benzene rings is 1. The molecule has 1 fully saturated rings. The van der Waals surface area contributed by atoms with Crippen LogP contribution in [0.2, 0.25) is 0 Å². The van der Waals surface area contributed by atoms with Crippen LogP contribution in [0, 0.1) is 0 Å². The van der Waals surface area contributed by atoms with Gasteiger partial charge in [0.2, 0.25) is 5.91 Å². The van der Waals surface area contributed by atoms with Gasteiger partial charge in [0.1, 0.15) is 11.4 Å². The van der Waals surface area contributed by atoms with Crippen molar-refractivity contribution in [3.8, 4) is 5.75 Å². The van der Waals surface area contributed by atoms with Crippen molar-refractivity contribution < 1.29 is 28.6 Å². The van der Waals surface area contributed by atoms with E-state index in [0.717, 1.165) is 0 Å². The molecule has 174 valence electrons. The molecular formula is C22H30N4O6. The molecule has 2 N–H and O–H groups in total. The number of carbonyl (C=O) groups excluding carboxylic acids is 3. The Morgan fingerprint density at radius 2 is 1.78 bits per heavy atom. The van der Waals surface area contributed by atoms with Gasteiger partial charge in [-0.15, -0.1) is 0 Å². The van der Waals surface area contributed by atoms with Crippen LogP contribution in [0.1, 0.15) is 31.3 Å². The van der Waals surface area contributed by atoms with Crippen molar-refractivity contribution in [3.63, 3.8) is 0 Å². The number of aromatic nitrogens is 1. The van der Waals surface area contributed by atoms with Crippen LogP contribution in [0.5, 0.6) is 5.75 Å². The topological polar surface area (TPSA) is 113 Å². The highest BCUT2D eigenvalue weighted by atomic mass is 16.6. The maximum atomic E-state index is 13.1. The predicted molar refractivity (Wildman–Crippen MR) is 119 cm³/mol. The second-order valence-electron chi connectivity index (χ2n) is 7.39. The highest BCUT2D eigenvalue weighted by Gasteiger charge is 2.29. The molecule has 1 aromatic carbocycles. The molecule has 0 spiro atoms. The lowest BCUT2D eigenvalue weighted by Gasteiger charge is -2.36. The fourth-order valence-corrected chi connectivity index (χ4v) is 3.68.